The molecule has 2 N–H and O–H groups in total. The van der Waals surface area contributed by atoms with Gasteiger partial charge in [-0.15, -0.1) is 0 Å². The molecule has 6 heteroatoms. The van der Waals surface area contributed by atoms with Gasteiger partial charge in [0, 0.05) is 12.3 Å². The zero-order valence-corrected chi connectivity index (χ0v) is 9.99. The number of aliphatic carboxylic acids is 1. The van der Waals surface area contributed by atoms with E-state index in [4.69, 9.17) is 15.0 Å². The fourth-order valence-corrected chi connectivity index (χ4v) is 1.16. The van der Waals surface area contributed by atoms with E-state index in [0.29, 0.717) is 5.33 Å². The first-order valence-corrected chi connectivity index (χ1v) is 5.27. The van der Waals surface area contributed by atoms with Crippen molar-refractivity contribution in [1.82, 2.24) is 0 Å². The zero-order chi connectivity index (χ0) is 12.7. The summed E-state index contributed by atoms with van der Waals surface area (Å²) in [6.45, 7) is 1.08. The topological polar surface area (TPSA) is 74.6 Å². The van der Waals surface area contributed by atoms with Crippen LogP contribution in [0.5, 0.6) is 0 Å². The van der Waals surface area contributed by atoms with Crippen molar-refractivity contribution in [1.29, 1.82) is 0 Å². The molecule has 1 aromatic rings. The van der Waals surface area contributed by atoms with Crippen molar-refractivity contribution in [2.24, 2.45) is 0 Å². The highest BCUT2D eigenvalue weighted by molar-refractivity contribution is 9.08. The van der Waals surface area contributed by atoms with Crippen molar-refractivity contribution in [3.63, 3.8) is 0 Å². The Morgan fingerprint density at radius 1 is 1.38 bits per heavy atom. The molecule has 0 radical (unpaired) electrons. The summed E-state index contributed by atoms with van der Waals surface area (Å²) >= 11 is 3.14. The summed E-state index contributed by atoms with van der Waals surface area (Å²) in [4.78, 5) is 19.4. The minimum Gasteiger partial charge on any atom is -0.481 e. The van der Waals surface area contributed by atoms with E-state index in [9.17, 15) is 9.18 Å². The Labute approximate surface area is 99.8 Å². The van der Waals surface area contributed by atoms with Crippen LogP contribution < -0.4 is 0 Å². The van der Waals surface area contributed by atoms with Crippen LogP contribution in [0.2, 0.25) is 0 Å². The number of carboxylic acid groups (broad SMARTS) is 2. The number of carboxylic acids is 2. The van der Waals surface area contributed by atoms with Crippen molar-refractivity contribution in [3.8, 4) is 0 Å². The summed E-state index contributed by atoms with van der Waals surface area (Å²) in [6, 6.07) is 4.04. The monoisotopic (exact) mass is 292 g/mol. The van der Waals surface area contributed by atoms with Crippen molar-refractivity contribution >= 4 is 27.9 Å². The Morgan fingerprint density at radius 2 is 1.88 bits per heavy atom. The largest absolute Gasteiger partial charge is 0.481 e. The van der Waals surface area contributed by atoms with Gasteiger partial charge in [0.25, 0.3) is 5.97 Å². The number of hydrogen-bond acceptors (Lipinski definition) is 2. The smallest absolute Gasteiger partial charge is 0.338 e. The second-order valence-corrected chi connectivity index (χ2v) is 3.33. The van der Waals surface area contributed by atoms with E-state index in [0.717, 1.165) is 12.5 Å². The molecule has 0 amide bonds. The number of alkyl halides is 1. The van der Waals surface area contributed by atoms with E-state index in [2.05, 4.69) is 15.9 Å². The van der Waals surface area contributed by atoms with Crippen LogP contribution in [0.4, 0.5) is 4.39 Å². The van der Waals surface area contributed by atoms with Crippen LogP contribution in [0.1, 0.15) is 22.8 Å². The minimum atomic E-state index is -1.24. The van der Waals surface area contributed by atoms with Crippen molar-refractivity contribution in [3.05, 3.63) is 35.1 Å². The molecule has 0 bridgehead atoms. The molecule has 0 aliphatic rings. The lowest BCUT2D eigenvalue weighted by molar-refractivity contribution is -0.134. The maximum Gasteiger partial charge on any atom is 0.338 e. The maximum absolute atomic E-state index is 12.9. The van der Waals surface area contributed by atoms with Crippen molar-refractivity contribution in [2.75, 3.05) is 0 Å². The molecule has 88 valence electrons. The van der Waals surface area contributed by atoms with Gasteiger partial charge in [-0.2, -0.15) is 0 Å². The van der Waals surface area contributed by atoms with Crippen molar-refractivity contribution in [2.45, 2.75) is 12.3 Å². The Hall–Kier alpha value is -1.43. The van der Waals surface area contributed by atoms with Gasteiger partial charge in [-0.05, 0) is 17.7 Å². The van der Waals surface area contributed by atoms with Gasteiger partial charge in [0.1, 0.15) is 5.82 Å². The molecule has 0 unspecified atom stereocenters. The van der Waals surface area contributed by atoms with E-state index >= 15 is 0 Å². The Balaban J connectivity index is 0.000000487. The van der Waals surface area contributed by atoms with Crippen LogP contribution in [-0.2, 0) is 10.1 Å². The van der Waals surface area contributed by atoms with Crippen LogP contribution in [0.3, 0.4) is 0 Å². The number of benzene rings is 1. The third-order valence-corrected chi connectivity index (χ3v) is 2.07. The summed E-state index contributed by atoms with van der Waals surface area (Å²) in [5.41, 5.74) is 0.428. The van der Waals surface area contributed by atoms with Gasteiger partial charge in [0.2, 0.25) is 0 Å². The average molecular weight is 293 g/mol. The van der Waals surface area contributed by atoms with Gasteiger partial charge >= 0.3 is 5.97 Å². The summed E-state index contributed by atoms with van der Waals surface area (Å²) in [5.74, 6) is -2.77. The van der Waals surface area contributed by atoms with Crippen LogP contribution in [0.25, 0.3) is 0 Å². The second kappa shape index (κ2) is 6.95. The van der Waals surface area contributed by atoms with Gasteiger partial charge in [-0.1, -0.05) is 22.0 Å². The predicted octanol–water partition coefficient (Wildman–Crippen LogP) is 2.51. The highest BCUT2D eigenvalue weighted by Crippen LogP contribution is 2.12. The highest BCUT2D eigenvalue weighted by Gasteiger charge is 2.09. The van der Waals surface area contributed by atoms with Crippen LogP contribution >= 0.6 is 15.9 Å². The summed E-state index contributed by atoms with van der Waals surface area (Å²) < 4.78 is 12.9. The maximum atomic E-state index is 12.9. The molecule has 0 spiro atoms. The molecular weight excluding hydrogens is 283 g/mol. The highest BCUT2D eigenvalue weighted by atomic mass is 79.9. The molecule has 16 heavy (non-hydrogen) atoms. The molecule has 0 atom stereocenters. The second-order valence-electron chi connectivity index (χ2n) is 2.77. The molecule has 0 fully saturated rings. The van der Waals surface area contributed by atoms with Crippen LogP contribution in [0, 0.1) is 5.82 Å². The van der Waals surface area contributed by atoms with Gasteiger partial charge in [0.15, 0.2) is 0 Å². The Morgan fingerprint density at radius 3 is 2.19 bits per heavy atom. The average Bonchev–Trinajstić information content (AvgIpc) is 2.16. The van der Waals surface area contributed by atoms with Gasteiger partial charge in [-0.25, -0.2) is 9.18 Å². The summed E-state index contributed by atoms with van der Waals surface area (Å²) in [5, 5.41) is 16.4. The molecule has 0 saturated carbocycles. The lowest BCUT2D eigenvalue weighted by atomic mass is 10.1. The van der Waals surface area contributed by atoms with Gasteiger partial charge in [0.05, 0.1) is 5.56 Å². The lowest BCUT2D eigenvalue weighted by Gasteiger charge is -1.98. The zero-order valence-electron chi connectivity index (χ0n) is 8.41. The molecule has 4 nitrogen and oxygen atoms in total. The quantitative estimate of drug-likeness (QED) is 0.822. The molecule has 0 aliphatic carbocycles. The van der Waals surface area contributed by atoms with E-state index in [1.54, 1.807) is 6.07 Å². The third-order valence-electron chi connectivity index (χ3n) is 1.42. The lowest BCUT2D eigenvalue weighted by Crippen LogP contribution is -2.00. The molecular formula is C10H10BrFO4. The predicted molar refractivity (Wildman–Crippen MR) is 59.3 cm³/mol. The standard InChI is InChI=1S/C8H6BrFO2.C2H4O2/c9-4-5-1-2-6(8(11)12)7(10)3-5;1-2(3)4/h1-3H,4H2,(H,11,12);1H3,(H,3,4). The van der Waals surface area contributed by atoms with E-state index in [1.807, 2.05) is 0 Å². The van der Waals surface area contributed by atoms with Crippen LogP contribution in [0.15, 0.2) is 18.2 Å². The molecule has 1 aromatic carbocycles. The molecule has 0 aromatic heterocycles. The van der Waals surface area contributed by atoms with E-state index in [-0.39, 0.29) is 5.56 Å². The number of rotatable bonds is 2. The summed E-state index contributed by atoms with van der Waals surface area (Å²) in [6.07, 6.45) is 0. The fraction of sp³-hybridized carbons (Fsp3) is 0.200. The first-order chi connectivity index (χ1) is 7.38. The normalized spacial score (nSPS) is 8.94. The summed E-state index contributed by atoms with van der Waals surface area (Å²) in [7, 11) is 0. The number of hydrogen-bond donors (Lipinski definition) is 2. The fourth-order valence-electron chi connectivity index (χ4n) is 0.815. The molecule has 0 aliphatic heterocycles. The molecule has 0 heterocycles. The number of carbonyl (C=O) groups is 2. The number of aromatic carboxylic acids is 1. The van der Waals surface area contributed by atoms with E-state index < -0.39 is 17.8 Å². The van der Waals surface area contributed by atoms with Gasteiger partial charge < -0.3 is 10.2 Å². The van der Waals surface area contributed by atoms with E-state index in [1.165, 1.54) is 12.1 Å². The SMILES string of the molecule is CC(=O)O.O=C(O)c1ccc(CBr)cc1F. The number of halogens is 2. The Bertz CT molecular complexity index is 388. The van der Waals surface area contributed by atoms with Crippen LogP contribution in [-0.4, -0.2) is 22.2 Å². The van der Waals surface area contributed by atoms with Crippen molar-refractivity contribution < 1.29 is 24.2 Å². The third kappa shape index (κ3) is 5.45. The first kappa shape index (κ1) is 14.6. The molecule has 0 saturated heterocycles. The Kier molecular flexibility index (Phi) is 6.32. The van der Waals surface area contributed by atoms with Gasteiger partial charge in [-0.3, -0.25) is 4.79 Å². The first-order valence-electron chi connectivity index (χ1n) is 4.15. The minimum absolute atomic E-state index is 0.292. The molecule has 1 rings (SSSR count).